The summed E-state index contributed by atoms with van der Waals surface area (Å²) in [7, 11) is 0. The normalized spacial score (nSPS) is 10.5. The molecule has 13 heavy (non-hydrogen) atoms. The molecular weight excluding hydrogens is 162 g/mol. The van der Waals surface area contributed by atoms with Crippen LogP contribution in [0.3, 0.4) is 0 Å². The quantitative estimate of drug-likeness (QED) is 0.717. The summed E-state index contributed by atoms with van der Waals surface area (Å²) in [5, 5.41) is 0. The fourth-order valence-electron chi connectivity index (χ4n) is 1.17. The van der Waals surface area contributed by atoms with Crippen LogP contribution >= 0.6 is 0 Å². The molecule has 1 rings (SSSR count). The van der Waals surface area contributed by atoms with Gasteiger partial charge in [-0.05, 0) is 11.5 Å². The number of carbonyl (C=O) groups excluding carboxylic acids is 1. The molecule has 0 heterocycles. The third kappa shape index (κ3) is 2.39. The van der Waals surface area contributed by atoms with Gasteiger partial charge in [-0.25, -0.2) is 0 Å². The topological polar surface area (TPSA) is 43.1 Å². The number of nitrogens with two attached hydrogens (primary N) is 1. The number of rotatable bonds is 3. The Kier molecular flexibility index (Phi) is 3.20. The third-order valence-corrected chi connectivity index (χ3v) is 2.08. The van der Waals surface area contributed by atoms with Crippen molar-refractivity contribution in [3.8, 4) is 0 Å². The SMILES string of the molecule is CC(C)c1ccc(C(=O)CN)cc1. The van der Waals surface area contributed by atoms with Crippen LogP contribution in [0.1, 0.15) is 35.7 Å². The molecule has 0 aliphatic heterocycles. The molecule has 70 valence electrons. The van der Waals surface area contributed by atoms with Crippen LogP contribution in [0.5, 0.6) is 0 Å². The van der Waals surface area contributed by atoms with Gasteiger partial charge in [-0.2, -0.15) is 0 Å². The molecule has 0 unspecified atom stereocenters. The number of Topliss-reactive ketones (excluding diaryl/α,β-unsaturated/α-hetero) is 1. The van der Waals surface area contributed by atoms with Gasteiger partial charge in [0.2, 0.25) is 0 Å². The summed E-state index contributed by atoms with van der Waals surface area (Å²) in [6.45, 7) is 4.33. The van der Waals surface area contributed by atoms with Gasteiger partial charge in [0, 0.05) is 5.56 Å². The van der Waals surface area contributed by atoms with Crippen molar-refractivity contribution in [2.75, 3.05) is 6.54 Å². The van der Waals surface area contributed by atoms with Crippen LogP contribution in [0.2, 0.25) is 0 Å². The van der Waals surface area contributed by atoms with Crippen molar-refractivity contribution < 1.29 is 4.79 Å². The third-order valence-electron chi connectivity index (χ3n) is 2.08. The monoisotopic (exact) mass is 177 g/mol. The van der Waals surface area contributed by atoms with Gasteiger partial charge >= 0.3 is 0 Å². The first-order valence-corrected chi connectivity index (χ1v) is 4.48. The van der Waals surface area contributed by atoms with E-state index in [1.807, 2.05) is 24.3 Å². The van der Waals surface area contributed by atoms with Crippen LogP contribution in [0, 0.1) is 0 Å². The Bertz CT molecular complexity index is 287. The maximum Gasteiger partial charge on any atom is 0.176 e. The molecule has 0 radical (unpaired) electrons. The van der Waals surface area contributed by atoms with Crippen molar-refractivity contribution >= 4 is 5.78 Å². The molecule has 0 atom stereocenters. The number of carbonyl (C=O) groups is 1. The highest BCUT2D eigenvalue weighted by atomic mass is 16.1. The molecule has 0 saturated heterocycles. The molecular formula is C11H15NO. The Morgan fingerprint density at radius 3 is 2.23 bits per heavy atom. The molecule has 0 aliphatic carbocycles. The van der Waals surface area contributed by atoms with Crippen LogP contribution in [-0.2, 0) is 0 Å². The molecule has 2 N–H and O–H groups in total. The van der Waals surface area contributed by atoms with Crippen LogP contribution in [0.15, 0.2) is 24.3 Å². The van der Waals surface area contributed by atoms with E-state index in [1.165, 1.54) is 5.56 Å². The van der Waals surface area contributed by atoms with E-state index in [1.54, 1.807) is 0 Å². The average Bonchev–Trinajstić information content (AvgIpc) is 2.17. The molecule has 0 spiro atoms. The van der Waals surface area contributed by atoms with E-state index in [-0.39, 0.29) is 12.3 Å². The Balaban J connectivity index is 2.87. The number of benzene rings is 1. The lowest BCUT2D eigenvalue weighted by Crippen LogP contribution is -2.13. The lowest BCUT2D eigenvalue weighted by molar-refractivity contribution is 0.100. The van der Waals surface area contributed by atoms with Crippen molar-refractivity contribution in [3.63, 3.8) is 0 Å². The van der Waals surface area contributed by atoms with E-state index in [2.05, 4.69) is 13.8 Å². The van der Waals surface area contributed by atoms with Gasteiger partial charge < -0.3 is 5.73 Å². The predicted octanol–water partition coefficient (Wildman–Crippen LogP) is 1.95. The van der Waals surface area contributed by atoms with Crippen molar-refractivity contribution in [2.24, 2.45) is 5.73 Å². The second kappa shape index (κ2) is 4.19. The van der Waals surface area contributed by atoms with E-state index < -0.39 is 0 Å². The fraction of sp³-hybridized carbons (Fsp3) is 0.364. The minimum absolute atomic E-state index is 0.00435. The Morgan fingerprint density at radius 1 is 1.31 bits per heavy atom. The van der Waals surface area contributed by atoms with Gasteiger partial charge in [-0.1, -0.05) is 38.1 Å². The Labute approximate surface area is 78.8 Å². The largest absolute Gasteiger partial charge is 0.324 e. The number of hydrogen-bond acceptors (Lipinski definition) is 2. The predicted molar refractivity (Wildman–Crippen MR) is 53.9 cm³/mol. The summed E-state index contributed by atoms with van der Waals surface area (Å²) >= 11 is 0. The highest BCUT2D eigenvalue weighted by Crippen LogP contribution is 2.14. The van der Waals surface area contributed by atoms with Gasteiger partial charge in [-0.15, -0.1) is 0 Å². The van der Waals surface area contributed by atoms with Gasteiger partial charge in [0.1, 0.15) is 0 Å². The summed E-state index contributed by atoms with van der Waals surface area (Å²) in [5.41, 5.74) is 7.20. The summed E-state index contributed by atoms with van der Waals surface area (Å²) in [6.07, 6.45) is 0. The zero-order chi connectivity index (χ0) is 9.84. The smallest absolute Gasteiger partial charge is 0.176 e. The number of ketones is 1. The van der Waals surface area contributed by atoms with Crippen molar-refractivity contribution in [3.05, 3.63) is 35.4 Å². The molecule has 0 fully saturated rings. The second-order valence-electron chi connectivity index (χ2n) is 3.40. The zero-order valence-electron chi connectivity index (χ0n) is 8.08. The molecule has 0 aromatic heterocycles. The average molecular weight is 177 g/mol. The summed E-state index contributed by atoms with van der Waals surface area (Å²) in [5.74, 6) is 0.498. The van der Waals surface area contributed by atoms with E-state index >= 15 is 0 Å². The van der Waals surface area contributed by atoms with Crippen LogP contribution in [0.4, 0.5) is 0 Å². The molecule has 0 saturated carbocycles. The molecule has 1 aromatic carbocycles. The summed E-state index contributed by atoms with van der Waals surface area (Å²) in [4.78, 5) is 11.2. The Morgan fingerprint density at radius 2 is 1.85 bits per heavy atom. The Hall–Kier alpha value is -1.15. The van der Waals surface area contributed by atoms with E-state index in [9.17, 15) is 4.79 Å². The van der Waals surface area contributed by atoms with Crippen molar-refractivity contribution in [2.45, 2.75) is 19.8 Å². The first kappa shape index (κ1) is 9.93. The molecule has 1 aromatic rings. The van der Waals surface area contributed by atoms with Crippen molar-refractivity contribution in [1.29, 1.82) is 0 Å². The lowest BCUT2D eigenvalue weighted by Gasteiger charge is -2.05. The molecule has 0 aliphatic rings. The maximum absolute atomic E-state index is 11.2. The van der Waals surface area contributed by atoms with Crippen LogP contribution in [0.25, 0.3) is 0 Å². The lowest BCUT2D eigenvalue weighted by atomic mass is 10.0. The first-order chi connectivity index (χ1) is 6.15. The highest BCUT2D eigenvalue weighted by Gasteiger charge is 2.03. The second-order valence-corrected chi connectivity index (χ2v) is 3.40. The summed E-state index contributed by atoms with van der Waals surface area (Å²) in [6, 6.07) is 7.64. The highest BCUT2D eigenvalue weighted by molar-refractivity contribution is 5.97. The van der Waals surface area contributed by atoms with Gasteiger partial charge in [0.25, 0.3) is 0 Å². The minimum atomic E-state index is -0.00435. The standard InChI is InChI=1S/C11H15NO/c1-8(2)9-3-5-10(6-4-9)11(13)7-12/h3-6,8H,7,12H2,1-2H3. The van der Waals surface area contributed by atoms with E-state index in [0.717, 1.165) is 0 Å². The van der Waals surface area contributed by atoms with Gasteiger partial charge in [0.15, 0.2) is 5.78 Å². The van der Waals surface area contributed by atoms with Gasteiger partial charge in [-0.3, -0.25) is 4.79 Å². The van der Waals surface area contributed by atoms with Crippen LogP contribution < -0.4 is 5.73 Å². The molecule has 0 amide bonds. The molecule has 2 heteroatoms. The minimum Gasteiger partial charge on any atom is -0.324 e. The van der Waals surface area contributed by atoms with Gasteiger partial charge in [0.05, 0.1) is 6.54 Å². The molecule has 0 bridgehead atoms. The zero-order valence-corrected chi connectivity index (χ0v) is 8.08. The van der Waals surface area contributed by atoms with Crippen LogP contribution in [-0.4, -0.2) is 12.3 Å². The molecule has 2 nitrogen and oxygen atoms in total. The maximum atomic E-state index is 11.2. The first-order valence-electron chi connectivity index (χ1n) is 4.48. The fourth-order valence-corrected chi connectivity index (χ4v) is 1.17. The van der Waals surface area contributed by atoms with E-state index in [4.69, 9.17) is 5.73 Å². The van der Waals surface area contributed by atoms with Crippen molar-refractivity contribution in [1.82, 2.24) is 0 Å². The summed E-state index contributed by atoms with van der Waals surface area (Å²) < 4.78 is 0. The van der Waals surface area contributed by atoms with E-state index in [0.29, 0.717) is 11.5 Å². The number of hydrogen-bond donors (Lipinski definition) is 1.